The number of nitrogens with one attached hydrogen (secondary N) is 2. The maximum Gasteiger partial charge on any atom is 0.416 e. The molecule has 0 bridgehead atoms. The first-order valence-corrected chi connectivity index (χ1v) is 13.4. The Hall–Kier alpha value is -3.50. The highest BCUT2D eigenvalue weighted by molar-refractivity contribution is 6.04. The van der Waals surface area contributed by atoms with E-state index >= 15 is 0 Å². The van der Waals surface area contributed by atoms with Gasteiger partial charge >= 0.3 is 6.18 Å². The number of benzene rings is 2. The molecule has 2 aromatic carbocycles. The van der Waals surface area contributed by atoms with Crippen molar-refractivity contribution in [3.05, 3.63) is 71.4 Å². The fraction of sp³-hybridized carbons (Fsp3) is 0.433. The smallest absolute Gasteiger partial charge is 0.384 e. The van der Waals surface area contributed by atoms with Gasteiger partial charge < -0.3 is 25.1 Å². The Balaban J connectivity index is 1.41. The molecule has 4 rings (SSSR count). The molecule has 7 nitrogen and oxygen atoms in total. The lowest BCUT2D eigenvalue weighted by Gasteiger charge is -2.31. The van der Waals surface area contributed by atoms with Gasteiger partial charge in [0.25, 0.3) is 5.91 Å². The third-order valence-corrected chi connectivity index (χ3v) is 7.18. The number of anilines is 2. The van der Waals surface area contributed by atoms with Gasteiger partial charge in [0.1, 0.15) is 0 Å². The standard InChI is InChI=1S/C30H35F3N4O3/c1-20-6-7-25(37-29(38)22-4-3-5-24(14-22)30(31,32)33)15-27(20)36-17-23(16-34-2)26-18-35-11-8-28(26)40-19-21-9-12-39-13-10-21/h3-8,11,14-16,18,21,23,26,28,36H,9-10,12-13,17,19H2,1-2H3,(H,37,38)/b34-16-. The number of ether oxygens (including phenoxy) is 2. The van der Waals surface area contributed by atoms with Gasteiger partial charge in [-0.1, -0.05) is 12.1 Å². The number of alkyl halides is 3. The minimum Gasteiger partial charge on any atom is -0.384 e. The molecule has 214 valence electrons. The van der Waals surface area contributed by atoms with E-state index in [-0.39, 0.29) is 23.5 Å². The van der Waals surface area contributed by atoms with Gasteiger partial charge in [-0.05, 0) is 67.7 Å². The minimum absolute atomic E-state index is 0.0230. The van der Waals surface area contributed by atoms with Crippen LogP contribution in [0, 0.1) is 24.7 Å². The number of rotatable bonds is 10. The highest BCUT2D eigenvalue weighted by Crippen LogP contribution is 2.30. The van der Waals surface area contributed by atoms with Crippen molar-refractivity contribution in [1.29, 1.82) is 0 Å². The largest absolute Gasteiger partial charge is 0.416 e. The first-order valence-electron chi connectivity index (χ1n) is 13.4. The SMILES string of the molecule is C/N=C\C(CNc1cc(NC(=O)c2cccc(C(F)(F)F)c2)ccc1C)C1C=NC=CC1OCC1CCOCC1. The summed E-state index contributed by atoms with van der Waals surface area (Å²) < 4.78 is 51.0. The van der Waals surface area contributed by atoms with E-state index in [0.29, 0.717) is 24.8 Å². The zero-order valence-electron chi connectivity index (χ0n) is 22.7. The van der Waals surface area contributed by atoms with Crippen LogP contribution >= 0.6 is 0 Å². The molecule has 3 unspecified atom stereocenters. The van der Waals surface area contributed by atoms with Crippen LogP contribution in [0.15, 0.2) is 64.7 Å². The molecule has 2 aliphatic heterocycles. The molecule has 0 radical (unpaired) electrons. The average Bonchev–Trinajstić information content (AvgIpc) is 2.96. The van der Waals surface area contributed by atoms with Crippen LogP contribution in [0.1, 0.15) is 34.3 Å². The Kier molecular flexibility index (Phi) is 10.1. The van der Waals surface area contributed by atoms with Crippen molar-refractivity contribution in [2.75, 3.05) is 44.0 Å². The van der Waals surface area contributed by atoms with Crippen LogP contribution in [-0.4, -0.2) is 57.9 Å². The molecular weight excluding hydrogens is 521 g/mol. The van der Waals surface area contributed by atoms with Gasteiger partial charge in [-0.15, -0.1) is 0 Å². The summed E-state index contributed by atoms with van der Waals surface area (Å²) in [5, 5.41) is 6.16. The molecule has 0 aromatic heterocycles. The lowest BCUT2D eigenvalue weighted by molar-refractivity contribution is -0.137. The van der Waals surface area contributed by atoms with E-state index in [0.717, 1.165) is 49.4 Å². The van der Waals surface area contributed by atoms with E-state index in [1.165, 1.54) is 12.1 Å². The molecule has 1 amide bonds. The third kappa shape index (κ3) is 8.02. The number of halogens is 3. The summed E-state index contributed by atoms with van der Waals surface area (Å²) in [6.45, 7) is 4.68. The molecule has 0 spiro atoms. The molecule has 3 atom stereocenters. The van der Waals surface area contributed by atoms with Crippen LogP contribution in [0.25, 0.3) is 0 Å². The molecule has 0 aliphatic carbocycles. The fourth-order valence-electron chi connectivity index (χ4n) is 4.82. The number of aliphatic imine (C=N–C) groups is 2. The summed E-state index contributed by atoms with van der Waals surface area (Å²) in [5.74, 6) is -0.187. The Morgan fingerprint density at radius 3 is 2.77 bits per heavy atom. The zero-order chi connectivity index (χ0) is 28.5. The first-order chi connectivity index (χ1) is 19.2. The molecule has 2 aliphatic rings. The lowest BCUT2D eigenvalue weighted by atomic mass is 9.87. The van der Waals surface area contributed by atoms with E-state index in [2.05, 4.69) is 20.6 Å². The summed E-state index contributed by atoms with van der Waals surface area (Å²) in [7, 11) is 1.73. The van der Waals surface area contributed by atoms with Crippen molar-refractivity contribution in [3.63, 3.8) is 0 Å². The Labute approximate surface area is 232 Å². The predicted molar refractivity (Wildman–Crippen MR) is 151 cm³/mol. The summed E-state index contributed by atoms with van der Waals surface area (Å²) in [6, 6.07) is 9.70. The van der Waals surface area contributed by atoms with Gasteiger partial charge in [-0.2, -0.15) is 13.2 Å². The summed E-state index contributed by atoms with van der Waals surface area (Å²) in [4.78, 5) is 21.3. The summed E-state index contributed by atoms with van der Waals surface area (Å²) >= 11 is 0. The molecule has 1 saturated heterocycles. The number of carbonyl (C=O) groups is 1. The molecule has 2 heterocycles. The summed E-state index contributed by atoms with van der Waals surface area (Å²) in [5.41, 5.74) is 1.27. The first kappa shape index (κ1) is 29.5. The normalized spacial score (nSPS) is 20.5. The molecule has 1 fully saturated rings. The van der Waals surface area contributed by atoms with Crippen LogP contribution in [-0.2, 0) is 15.7 Å². The Morgan fingerprint density at radius 2 is 2.02 bits per heavy atom. The highest BCUT2D eigenvalue weighted by atomic mass is 19.4. The predicted octanol–water partition coefficient (Wildman–Crippen LogP) is 6.02. The highest BCUT2D eigenvalue weighted by Gasteiger charge is 2.31. The van der Waals surface area contributed by atoms with Gasteiger partial charge in [0.2, 0.25) is 0 Å². The van der Waals surface area contributed by atoms with Crippen molar-refractivity contribution >= 4 is 29.7 Å². The second kappa shape index (κ2) is 13.7. The second-order valence-corrected chi connectivity index (χ2v) is 10.1. The maximum atomic E-state index is 13.1. The maximum absolute atomic E-state index is 13.1. The number of carbonyl (C=O) groups excluding carboxylic acids is 1. The fourth-order valence-corrected chi connectivity index (χ4v) is 4.82. The van der Waals surface area contributed by atoms with Crippen molar-refractivity contribution < 1.29 is 27.4 Å². The molecule has 10 heteroatoms. The Morgan fingerprint density at radius 1 is 1.23 bits per heavy atom. The number of amides is 1. The molecule has 0 saturated carbocycles. The van der Waals surface area contributed by atoms with Gasteiger partial charge in [-0.3, -0.25) is 9.79 Å². The number of hydrogen-bond donors (Lipinski definition) is 2. The van der Waals surface area contributed by atoms with Gasteiger partial charge in [-0.25, -0.2) is 0 Å². The van der Waals surface area contributed by atoms with E-state index in [9.17, 15) is 18.0 Å². The second-order valence-electron chi connectivity index (χ2n) is 10.1. The van der Waals surface area contributed by atoms with Crippen LogP contribution in [0.5, 0.6) is 0 Å². The van der Waals surface area contributed by atoms with Crippen LogP contribution < -0.4 is 10.6 Å². The quantitative estimate of drug-likeness (QED) is 0.351. The van der Waals surface area contributed by atoms with Crippen LogP contribution in [0.4, 0.5) is 24.5 Å². The monoisotopic (exact) mass is 556 g/mol. The Bertz CT molecular complexity index is 1240. The number of aryl methyl sites for hydroxylation is 1. The van der Waals surface area contributed by atoms with E-state index < -0.39 is 17.6 Å². The van der Waals surface area contributed by atoms with E-state index in [1.807, 2.05) is 31.5 Å². The molecule has 40 heavy (non-hydrogen) atoms. The zero-order valence-corrected chi connectivity index (χ0v) is 22.7. The van der Waals surface area contributed by atoms with Crippen molar-refractivity contribution in [1.82, 2.24) is 0 Å². The molecule has 2 aromatic rings. The van der Waals surface area contributed by atoms with Crippen molar-refractivity contribution in [2.45, 2.75) is 32.0 Å². The van der Waals surface area contributed by atoms with Gasteiger partial charge in [0.15, 0.2) is 0 Å². The van der Waals surface area contributed by atoms with E-state index in [1.54, 1.807) is 25.4 Å². The average molecular weight is 557 g/mol. The van der Waals surface area contributed by atoms with Gasteiger partial charge in [0, 0.05) is 74.2 Å². The van der Waals surface area contributed by atoms with Crippen LogP contribution in [0.3, 0.4) is 0 Å². The molecular formula is C30H35F3N4O3. The topological polar surface area (TPSA) is 84.3 Å². The van der Waals surface area contributed by atoms with Crippen molar-refractivity contribution in [3.8, 4) is 0 Å². The van der Waals surface area contributed by atoms with Crippen LogP contribution in [0.2, 0.25) is 0 Å². The molecule has 2 N–H and O–H groups in total. The third-order valence-electron chi connectivity index (χ3n) is 7.18. The lowest BCUT2D eigenvalue weighted by Crippen LogP contribution is -2.37. The minimum atomic E-state index is -4.52. The van der Waals surface area contributed by atoms with E-state index in [4.69, 9.17) is 9.47 Å². The van der Waals surface area contributed by atoms with Gasteiger partial charge in [0.05, 0.1) is 18.3 Å². The number of nitrogens with zero attached hydrogens (tertiary/aromatic N) is 2. The van der Waals surface area contributed by atoms with Crippen molar-refractivity contribution in [2.24, 2.45) is 27.7 Å². The number of hydrogen-bond acceptors (Lipinski definition) is 6. The summed E-state index contributed by atoms with van der Waals surface area (Å²) in [6.07, 6.45) is 4.87.